The number of aromatic nitrogens is 4. The second-order valence-corrected chi connectivity index (χ2v) is 14.9. The van der Waals surface area contributed by atoms with Crippen LogP contribution in [0.2, 0.25) is 10.0 Å². The molecule has 4 aromatic rings. The summed E-state index contributed by atoms with van der Waals surface area (Å²) in [7, 11) is -3.28. The summed E-state index contributed by atoms with van der Waals surface area (Å²) in [6, 6.07) is 7.88. The summed E-state index contributed by atoms with van der Waals surface area (Å²) in [4.78, 5) is 44.2. The molecule has 0 spiro atoms. The van der Waals surface area contributed by atoms with E-state index in [1.54, 1.807) is 56.0 Å². The first-order valence-electron chi connectivity index (χ1n) is 14.0. The maximum absolute atomic E-state index is 13.6. The number of H-pyrrole nitrogens is 1. The van der Waals surface area contributed by atoms with E-state index in [0.717, 1.165) is 5.52 Å². The number of hydrogen-bond acceptors (Lipinski definition) is 9. The minimum absolute atomic E-state index is 0.0980. The molecule has 3 N–H and O–H groups in total. The number of imidazole rings is 1. The Bertz CT molecular complexity index is 1840. The van der Waals surface area contributed by atoms with Crippen molar-refractivity contribution in [2.45, 2.75) is 57.8 Å². The molecule has 1 saturated heterocycles. The van der Waals surface area contributed by atoms with Gasteiger partial charge in [-0.05, 0) is 70.4 Å². The van der Waals surface area contributed by atoms with Gasteiger partial charge in [0.1, 0.15) is 39.6 Å². The Morgan fingerprint density at radius 2 is 1.93 bits per heavy atom. The number of sulfone groups is 1. The van der Waals surface area contributed by atoms with Gasteiger partial charge in [0.25, 0.3) is 5.91 Å². The first-order chi connectivity index (χ1) is 20.7. The third-order valence-electron chi connectivity index (χ3n) is 7.03. The fourth-order valence-corrected chi connectivity index (χ4v) is 6.13. The predicted molar refractivity (Wildman–Crippen MR) is 170 cm³/mol. The van der Waals surface area contributed by atoms with E-state index in [-0.39, 0.29) is 28.7 Å². The molecule has 1 aliphatic rings. The number of fused-ring (bicyclic) bond motifs is 2. The van der Waals surface area contributed by atoms with Crippen LogP contribution in [0.5, 0.6) is 0 Å². The van der Waals surface area contributed by atoms with Gasteiger partial charge in [0.2, 0.25) is 0 Å². The molecule has 1 fully saturated rings. The second-order valence-electron chi connectivity index (χ2n) is 11.8. The standard InChI is InChI=1S/C29H33Cl2N7O5S/c1-29(2,3)43-28(40)37-24-6-5-10-38(24)27(39)17-14-22-18(13-19(17)31)25(33-15-32-22)35-21(9-11-44(4,41)42)26-34-20-8-7-16(30)12-23(20)36-26/h7-8,12-15,21,24H,5-6,9-11H2,1-4H3,(H,34,36)(H,37,40)(H,32,33,35)/t21-,24?/m0/s1. The lowest BCUT2D eigenvalue weighted by Crippen LogP contribution is -2.48. The Morgan fingerprint density at radius 3 is 2.66 bits per heavy atom. The number of likely N-dealkylation sites (tertiary alicyclic amines) is 1. The summed E-state index contributed by atoms with van der Waals surface area (Å²) in [5.74, 6) is 0.446. The number of alkyl carbamates (subject to hydrolysis) is 1. The van der Waals surface area contributed by atoms with Gasteiger partial charge in [0.05, 0.1) is 38.9 Å². The molecule has 15 heteroatoms. The van der Waals surface area contributed by atoms with E-state index in [9.17, 15) is 18.0 Å². The lowest BCUT2D eigenvalue weighted by Gasteiger charge is -2.27. The summed E-state index contributed by atoms with van der Waals surface area (Å²) in [5, 5.41) is 7.32. The fourth-order valence-electron chi connectivity index (χ4n) is 5.05. The van der Waals surface area contributed by atoms with Crippen molar-refractivity contribution in [1.82, 2.24) is 30.2 Å². The summed E-state index contributed by atoms with van der Waals surface area (Å²) < 4.78 is 29.5. The zero-order chi connectivity index (χ0) is 31.8. The normalized spacial score (nSPS) is 16.3. The van der Waals surface area contributed by atoms with Gasteiger partial charge in [0, 0.05) is 23.2 Å². The number of ether oxygens (including phenoxy) is 1. The van der Waals surface area contributed by atoms with E-state index >= 15 is 0 Å². The predicted octanol–water partition coefficient (Wildman–Crippen LogP) is 5.49. The number of anilines is 1. The highest BCUT2D eigenvalue weighted by Gasteiger charge is 2.33. The fraction of sp³-hybridized carbons (Fsp3) is 0.414. The van der Waals surface area contributed by atoms with Gasteiger partial charge in [-0.1, -0.05) is 23.2 Å². The molecule has 12 nitrogen and oxygen atoms in total. The van der Waals surface area contributed by atoms with E-state index in [1.165, 1.54) is 12.6 Å². The van der Waals surface area contributed by atoms with Crippen molar-refractivity contribution < 1.29 is 22.7 Å². The van der Waals surface area contributed by atoms with Crippen molar-refractivity contribution in [3.63, 3.8) is 0 Å². The van der Waals surface area contributed by atoms with Crippen LogP contribution in [0.1, 0.15) is 62.3 Å². The molecule has 0 radical (unpaired) electrons. The van der Waals surface area contributed by atoms with Crippen LogP contribution in [-0.4, -0.2) is 75.6 Å². The number of aromatic amines is 1. The van der Waals surface area contributed by atoms with Gasteiger partial charge in [-0.3, -0.25) is 4.79 Å². The largest absolute Gasteiger partial charge is 0.444 e. The van der Waals surface area contributed by atoms with Gasteiger partial charge in [-0.2, -0.15) is 0 Å². The minimum Gasteiger partial charge on any atom is -0.444 e. The molecule has 234 valence electrons. The third-order valence-corrected chi connectivity index (χ3v) is 8.56. The topological polar surface area (TPSA) is 159 Å². The van der Waals surface area contributed by atoms with E-state index in [4.69, 9.17) is 27.9 Å². The molecule has 44 heavy (non-hydrogen) atoms. The van der Waals surface area contributed by atoms with Gasteiger partial charge in [-0.25, -0.2) is 28.2 Å². The molecule has 5 rings (SSSR count). The third kappa shape index (κ3) is 7.51. The number of nitrogens with one attached hydrogen (secondary N) is 3. The zero-order valence-electron chi connectivity index (χ0n) is 24.6. The minimum atomic E-state index is -3.28. The molecule has 0 saturated carbocycles. The van der Waals surface area contributed by atoms with Crippen molar-refractivity contribution >= 4 is 72.8 Å². The van der Waals surface area contributed by atoms with Crippen LogP contribution >= 0.6 is 23.2 Å². The number of amides is 2. The summed E-state index contributed by atoms with van der Waals surface area (Å²) in [6.07, 6.45) is 2.86. The maximum Gasteiger partial charge on any atom is 0.409 e. The molecule has 0 bridgehead atoms. The highest BCUT2D eigenvalue weighted by Crippen LogP contribution is 2.32. The molecule has 0 aliphatic carbocycles. The molecule has 2 aromatic heterocycles. The van der Waals surface area contributed by atoms with Crippen LogP contribution in [0.25, 0.3) is 21.9 Å². The van der Waals surface area contributed by atoms with Crippen molar-refractivity contribution in [1.29, 1.82) is 0 Å². The Morgan fingerprint density at radius 1 is 1.16 bits per heavy atom. The Hall–Kier alpha value is -3.68. The average Bonchev–Trinajstić information content (AvgIpc) is 3.55. The van der Waals surface area contributed by atoms with Crippen molar-refractivity contribution in [3.05, 3.63) is 58.1 Å². The molecule has 1 unspecified atom stereocenters. The number of halogens is 2. The molecular weight excluding hydrogens is 629 g/mol. The summed E-state index contributed by atoms with van der Waals surface area (Å²) >= 11 is 12.8. The summed E-state index contributed by atoms with van der Waals surface area (Å²) in [6.45, 7) is 5.74. The molecule has 2 aromatic carbocycles. The molecule has 3 heterocycles. The molecular formula is C29H33Cl2N7O5S. The zero-order valence-corrected chi connectivity index (χ0v) is 27.0. The smallest absolute Gasteiger partial charge is 0.409 e. The number of carbonyl (C=O) groups is 2. The van der Waals surface area contributed by atoms with Gasteiger partial charge < -0.3 is 25.3 Å². The lowest BCUT2D eigenvalue weighted by atomic mass is 10.1. The van der Waals surface area contributed by atoms with E-state index in [0.29, 0.717) is 52.5 Å². The highest BCUT2D eigenvalue weighted by molar-refractivity contribution is 7.90. The van der Waals surface area contributed by atoms with Crippen molar-refractivity contribution in [3.8, 4) is 0 Å². The van der Waals surface area contributed by atoms with Crippen LogP contribution in [0, 0.1) is 0 Å². The first kappa shape index (κ1) is 31.7. The maximum atomic E-state index is 13.6. The Balaban J connectivity index is 1.43. The number of carbonyl (C=O) groups excluding carboxylic acids is 2. The lowest BCUT2D eigenvalue weighted by molar-refractivity contribution is 0.0433. The van der Waals surface area contributed by atoms with Crippen LogP contribution in [-0.2, 0) is 14.6 Å². The molecule has 1 aliphatic heterocycles. The summed E-state index contributed by atoms with van der Waals surface area (Å²) in [5.41, 5.74) is 1.38. The van der Waals surface area contributed by atoms with Crippen LogP contribution in [0.3, 0.4) is 0 Å². The monoisotopic (exact) mass is 661 g/mol. The van der Waals surface area contributed by atoms with Gasteiger partial charge in [-0.15, -0.1) is 0 Å². The van der Waals surface area contributed by atoms with Crippen LogP contribution in [0.4, 0.5) is 10.6 Å². The number of benzene rings is 2. The Kier molecular flexibility index (Phi) is 8.92. The van der Waals surface area contributed by atoms with E-state index in [2.05, 4.69) is 30.6 Å². The van der Waals surface area contributed by atoms with Gasteiger partial charge in [0.15, 0.2) is 0 Å². The van der Waals surface area contributed by atoms with Crippen LogP contribution in [0.15, 0.2) is 36.7 Å². The number of rotatable bonds is 8. The van der Waals surface area contributed by atoms with E-state index in [1.807, 2.05) is 0 Å². The number of hydrogen-bond donors (Lipinski definition) is 3. The van der Waals surface area contributed by atoms with Crippen molar-refractivity contribution in [2.75, 3.05) is 23.9 Å². The van der Waals surface area contributed by atoms with E-state index < -0.39 is 33.7 Å². The number of nitrogens with zero attached hydrogens (tertiary/aromatic N) is 4. The second kappa shape index (κ2) is 12.4. The van der Waals surface area contributed by atoms with Gasteiger partial charge >= 0.3 is 6.09 Å². The first-order valence-corrected chi connectivity index (χ1v) is 16.8. The average molecular weight is 663 g/mol. The van der Waals surface area contributed by atoms with Crippen molar-refractivity contribution in [2.24, 2.45) is 0 Å². The Labute approximate surface area is 264 Å². The van der Waals surface area contributed by atoms with Crippen LogP contribution < -0.4 is 10.6 Å². The molecule has 2 atom stereocenters. The quantitative estimate of drug-likeness (QED) is 0.222. The SMILES string of the molecule is CC(C)(C)OC(=O)NC1CCCN1C(=O)c1cc2ncnc(N[C@@H](CCS(C)(=O)=O)c3nc4cc(Cl)ccc4[nH]3)c2cc1Cl. The molecule has 2 amide bonds. The highest BCUT2D eigenvalue weighted by atomic mass is 35.5.